The molecule has 0 spiro atoms. The SMILES string of the molecule is CC1(C)[C@@](C)(C=C(Cl)Cl)[C@]1(C)C(=O)Cl. The molecule has 1 saturated carbocycles. The molecule has 0 bridgehead atoms. The zero-order valence-electron chi connectivity index (χ0n) is 8.62. The molecule has 0 amide bonds. The Balaban J connectivity index is 3.18. The van der Waals surface area contributed by atoms with E-state index in [1.54, 1.807) is 6.08 Å². The summed E-state index contributed by atoms with van der Waals surface area (Å²) in [6.45, 7) is 7.76. The van der Waals surface area contributed by atoms with E-state index in [1.807, 2.05) is 27.7 Å². The summed E-state index contributed by atoms with van der Waals surface area (Å²) in [5.41, 5.74) is -1.16. The summed E-state index contributed by atoms with van der Waals surface area (Å²) >= 11 is 16.9. The van der Waals surface area contributed by atoms with Gasteiger partial charge in [-0.1, -0.05) is 44.0 Å². The molecule has 0 heterocycles. The Hall–Kier alpha value is 0.280. The summed E-state index contributed by atoms with van der Waals surface area (Å²) in [4.78, 5) is 11.4. The van der Waals surface area contributed by atoms with Crippen molar-refractivity contribution in [2.24, 2.45) is 16.2 Å². The van der Waals surface area contributed by atoms with Crippen molar-refractivity contribution in [2.45, 2.75) is 27.7 Å². The maximum Gasteiger partial charge on any atom is 0.228 e. The topological polar surface area (TPSA) is 17.1 Å². The largest absolute Gasteiger partial charge is 0.281 e. The van der Waals surface area contributed by atoms with E-state index in [9.17, 15) is 4.79 Å². The molecule has 0 aromatic heterocycles. The van der Waals surface area contributed by atoms with E-state index in [0.717, 1.165) is 0 Å². The Kier molecular flexibility index (Phi) is 2.76. The minimum Gasteiger partial charge on any atom is -0.281 e. The third kappa shape index (κ3) is 1.19. The first kappa shape index (κ1) is 12.4. The third-order valence-electron chi connectivity index (χ3n) is 4.32. The van der Waals surface area contributed by atoms with Gasteiger partial charge in [-0.2, -0.15) is 0 Å². The predicted octanol–water partition coefficient (Wildman–Crippen LogP) is 4.12. The molecule has 1 aliphatic carbocycles. The Morgan fingerprint density at radius 2 is 1.50 bits per heavy atom. The number of carbonyl (C=O) groups excluding carboxylic acids is 1. The van der Waals surface area contributed by atoms with Gasteiger partial charge in [-0.05, 0) is 30.0 Å². The van der Waals surface area contributed by atoms with Crippen LogP contribution in [-0.4, -0.2) is 5.24 Å². The second-order valence-corrected chi connectivity index (χ2v) is 6.01. The van der Waals surface area contributed by atoms with Crippen LogP contribution in [0.15, 0.2) is 10.6 Å². The van der Waals surface area contributed by atoms with Crippen LogP contribution in [0, 0.1) is 16.2 Å². The maximum atomic E-state index is 11.4. The van der Waals surface area contributed by atoms with Crippen LogP contribution in [0.2, 0.25) is 0 Å². The van der Waals surface area contributed by atoms with Gasteiger partial charge in [-0.3, -0.25) is 4.79 Å². The molecular formula is C10H13Cl3O. The Morgan fingerprint density at radius 3 is 1.71 bits per heavy atom. The molecule has 4 heteroatoms. The number of allylic oxidation sites excluding steroid dienone is 1. The van der Waals surface area contributed by atoms with Gasteiger partial charge in [-0.25, -0.2) is 0 Å². The first-order valence-electron chi connectivity index (χ1n) is 4.35. The molecule has 1 nitrogen and oxygen atoms in total. The van der Waals surface area contributed by atoms with Crippen molar-refractivity contribution in [3.05, 3.63) is 10.6 Å². The van der Waals surface area contributed by atoms with Gasteiger partial charge in [-0.15, -0.1) is 0 Å². The fraction of sp³-hybridized carbons (Fsp3) is 0.700. The van der Waals surface area contributed by atoms with E-state index in [-0.39, 0.29) is 20.6 Å². The van der Waals surface area contributed by atoms with Crippen molar-refractivity contribution in [1.82, 2.24) is 0 Å². The Bertz CT molecular complexity index is 317. The number of hydrogen-bond acceptors (Lipinski definition) is 1. The second kappa shape index (κ2) is 3.13. The molecular weight excluding hydrogens is 242 g/mol. The minimum absolute atomic E-state index is 0.183. The second-order valence-electron chi connectivity index (χ2n) is 4.66. The van der Waals surface area contributed by atoms with Crippen molar-refractivity contribution < 1.29 is 4.79 Å². The lowest BCUT2D eigenvalue weighted by atomic mass is 9.98. The highest BCUT2D eigenvalue weighted by Crippen LogP contribution is 2.79. The molecule has 1 aliphatic rings. The predicted molar refractivity (Wildman–Crippen MR) is 60.6 cm³/mol. The van der Waals surface area contributed by atoms with E-state index in [0.29, 0.717) is 0 Å². The van der Waals surface area contributed by atoms with Gasteiger partial charge in [0.15, 0.2) is 0 Å². The summed E-state index contributed by atoms with van der Waals surface area (Å²) in [5.74, 6) is 0. The average Bonchev–Trinajstić information content (AvgIpc) is 2.30. The van der Waals surface area contributed by atoms with Gasteiger partial charge in [0, 0.05) is 5.41 Å². The third-order valence-corrected chi connectivity index (χ3v) is 4.91. The van der Waals surface area contributed by atoms with Crippen LogP contribution in [-0.2, 0) is 4.79 Å². The molecule has 0 aliphatic heterocycles. The van der Waals surface area contributed by atoms with Crippen LogP contribution in [0.4, 0.5) is 0 Å². The normalized spacial score (nSPS) is 39.1. The first-order chi connectivity index (χ1) is 6.11. The lowest BCUT2D eigenvalue weighted by molar-refractivity contribution is -0.117. The Labute approximate surface area is 99.4 Å². The average molecular weight is 256 g/mol. The van der Waals surface area contributed by atoms with Crippen molar-refractivity contribution in [2.75, 3.05) is 0 Å². The summed E-state index contributed by atoms with van der Waals surface area (Å²) < 4.78 is 0.183. The highest BCUT2D eigenvalue weighted by Gasteiger charge is 2.79. The van der Waals surface area contributed by atoms with Gasteiger partial charge >= 0.3 is 0 Å². The Morgan fingerprint density at radius 1 is 1.07 bits per heavy atom. The molecule has 1 fully saturated rings. The number of carbonyl (C=O) groups is 1. The quantitative estimate of drug-likeness (QED) is 0.678. The van der Waals surface area contributed by atoms with Crippen molar-refractivity contribution >= 4 is 40.0 Å². The van der Waals surface area contributed by atoms with Crippen LogP contribution in [0.1, 0.15) is 27.7 Å². The molecule has 0 radical (unpaired) electrons. The van der Waals surface area contributed by atoms with E-state index < -0.39 is 5.41 Å². The monoisotopic (exact) mass is 254 g/mol. The zero-order chi connectivity index (χ0) is 11.4. The molecule has 80 valence electrons. The zero-order valence-corrected chi connectivity index (χ0v) is 10.9. The first-order valence-corrected chi connectivity index (χ1v) is 5.48. The summed E-state index contributed by atoms with van der Waals surface area (Å²) in [7, 11) is 0. The van der Waals surface area contributed by atoms with Gasteiger partial charge in [0.25, 0.3) is 0 Å². The van der Waals surface area contributed by atoms with Crippen molar-refractivity contribution in [3.63, 3.8) is 0 Å². The highest BCUT2D eigenvalue weighted by atomic mass is 35.5. The number of rotatable bonds is 2. The van der Waals surface area contributed by atoms with E-state index >= 15 is 0 Å². The molecule has 14 heavy (non-hydrogen) atoms. The lowest BCUT2D eigenvalue weighted by Gasteiger charge is -2.09. The molecule has 0 aromatic rings. The molecule has 0 unspecified atom stereocenters. The van der Waals surface area contributed by atoms with Gasteiger partial charge < -0.3 is 0 Å². The van der Waals surface area contributed by atoms with Gasteiger partial charge in [0.05, 0.1) is 5.41 Å². The van der Waals surface area contributed by atoms with Gasteiger partial charge in [0.2, 0.25) is 5.24 Å². The minimum atomic E-state index is -0.587. The van der Waals surface area contributed by atoms with Crippen LogP contribution in [0.5, 0.6) is 0 Å². The molecule has 0 aromatic carbocycles. The number of halogens is 3. The smallest absolute Gasteiger partial charge is 0.228 e. The van der Waals surface area contributed by atoms with Crippen molar-refractivity contribution in [3.8, 4) is 0 Å². The van der Waals surface area contributed by atoms with Crippen LogP contribution < -0.4 is 0 Å². The molecule has 2 atom stereocenters. The molecule has 1 rings (SSSR count). The van der Waals surface area contributed by atoms with Gasteiger partial charge in [0.1, 0.15) is 4.49 Å². The van der Waals surface area contributed by atoms with Crippen LogP contribution in [0.3, 0.4) is 0 Å². The summed E-state index contributed by atoms with van der Waals surface area (Å²) in [5, 5.41) is -0.337. The standard InChI is InChI=1S/C10H13Cl3O/c1-8(2)9(3,5-6(11)12)10(8,4)7(13)14/h5H,1-4H3/t9-,10-/m1/s1. The summed E-state index contributed by atoms with van der Waals surface area (Å²) in [6, 6.07) is 0. The van der Waals surface area contributed by atoms with Crippen LogP contribution >= 0.6 is 34.8 Å². The fourth-order valence-electron chi connectivity index (χ4n) is 2.38. The fourth-order valence-corrected chi connectivity index (χ4v) is 3.24. The number of hydrogen-bond donors (Lipinski definition) is 0. The highest BCUT2D eigenvalue weighted by molar-refractivity contribution is 6.65. The van der Waals surface area contributed by atoms with E-state index in [2.05, 4.69) is 0 Å². The molecule has 0 saturated heterocycles. The van der Waals surface area contributed by atoms with E-state index in [4.69, 9.17) is 34.8 Å². The lowest BCUT2D eigenvalue weighted by Crippen LogP contribution is -2.14. The van der Waals surface area contributed by atoms with Crippen LogP contribution in [0.25, 0.3) is 0 Å². The maximum absolute atomic E-state index is 11.4. The van der Waals surface area contributed by atoms with E-state index in [1.165, 1.54) is 0 Å². The molecule has 0 N–H and O–H groups in total. The van der Waals surface area contributed by atoms with Crippen molar-refractivity contribution in [1.29, 1.82) is 0 Å². The summed E-state index contributed by atoms with van der Waals surface area (Å²) in [6.07, 6.45) is 1.70.